The van der Waals surface area contributed by atoms with Gasteiger partial charge in [0.1, 0.15) is 5.01 Å². The molecule has 0 amide bonds. The topological polar surface area (TPSA) is 24.9 Å². The lowest BCUT2D eigenvalue weighted by molar-refractivity contribution is 0.554. The molecule has 1 atom stereocenters. The third-order valence-corrected chi connectivity index (χ3v) is 5.76. The third-order valence-electron chi connectivity index (χ3n) is 2.95. The van der Waals surface area contributed by atoms with Crippen LogP contribution in [0.15, 0.2) is 0 Å². The van der Waals surface area contributed by atoms with E-state index in [2.05, 4.69) is 37.8 Å². The highest BCUT2D eigenvalue weighted by atomic mass is 32.2. The van der Waals surface area contributed by atoms with Crippen molar-refractivity contribution in [2.75, 3.05) is 12.3 Å². The monoisotopic (exact) mass is 270 g/mol. The Hall–Kier alpha value is -0.0600. The fourth-order valence-corrected chi connectivity index (χ4v) is 4.55. The second-order valence-corrected chi connectivity index (χ2v) is 7.51. The van der Waals surface area contributed by atoms with Crippen molar-refractivity contribution < 1.29 is 0 Å². The van der Waals surface area contributed by atoms with Gasteiger partial charge in [-0.3, -0.25) is 0 Å². The van der Waals surface area contributed by atoms with Crippen LogP contribution in [0.1, 0.15) is 47.5 Å². The van der Waals surface area contributed by atoms with E-state index in [9.17, 15) is 0 Å². The second kappa shape index (κ2) is 6.21. The van der Waals surface area contributed by atoms with E-state index in [1.165, 1.54) is 34.2 Å². The predicted octanol–water partition coefficient (Wildman–Crippen LogP) is 3.77. The van der Waals surface area contributed by atoms with Gasteiger partial charge >= 0.3 is 0 Å². The van der Waals surface area contributed by atoms with Crippen LogP contribution in [-0.4, -0.2) is 17.3 Å². The molecular formula is C13H22N2S2. The zero-order chi connectivity index (χ0) is 12.3. The molecule has 4 heteroatoms. The van der Waals surface area contributed by atoms with Gasteiger partial charge in [-0.05, 0) is 38.0 Å². The van der Waals surface area contributed by atoms with E-state index in [0.717, 1.165) is 13.1 Å². The van der Waals surface area contributed by atoms with Gasteiger partial charge in [-0.15, -0.1) is 11.3 Å². The molecule has 0 spiro atoms. The van der Waals surface area contributed by atoms with Crippen molar-refractivity contribution in [2.45, 2.75) is 45.4 Å². The number of aromatic nitrogens is 1. The Morgan fingerprint density at radius 1 is 1.47 bits per heavy atom. The van der Waals surface area contributed by atoms with Crippen molar-refractivity contribution >= 4 is 23.1 Å². The summed E-state index contributed by atoms with van der Waals surface area (Å²) in [6.07, 6.45) is 2.67. The number of aryl methyl sites for hydroxylation is 1. The highest BCUT2D eigenvalue weighted by molar-refractivity contribution is 7.99. The van der Waals surface area contributed by atoms with Crippen LogP contribution in [0.2, 0.25) is 0 Å². The van der Waals surface area contributed by atoms with E-state index in [-0.39, 0.29) is 0 Å². The van der Waals surface area contributed by atoms with Crippen molar-refractivity contribution in [1.82, 2.24) is 10.3 Å². The Bertz CT molecular complexity index is 354. The first-order valence-corrected chi connectivity index (χ1v) is 8.32. The minimum atomic E-state index is 0.678. The van der Waals surface area contributed by atoms with E-state index in [4.69, 9.17) is 4.98 Å². The fraction of sp³-hybridized carbons (Fsp3) is 0.769. The molecule has 1 aliphatic heterocycles. The lowest BCUT2D eigenvalue weighted by atomic mass is 10.2. The molecule has 96 valence electrons. The quantitative estimate of drug-likeness (QED) is 0.881. The number of hydrogen-bond donors (Lipinski definition) is 1. The molecule has 0 aliphatic carbocycles. The van der Waals surface area contributed by atoms with Crippen LogP contribution in [0, 0.1) is 12.8 Å². The third kappa shape index (κ3) is 3.70. The summed E-state index contributed by atoms with van der Waals surface area (Å²) >= 11 is 3.99. The maximum absolute atomic E-state index is 4.75. The lowest BCUT2D eigenvalue weighted by Crippen LogP contribution is -2.18. The zero-order valence-electron chi connectivity index (χ0n) is 11.0. The zero-order valence-corrected chi connectivity index (χ0v) is 12.6. The summed E-state index contributed by atoms with van der Waals surface area (Å²) in [5, 5.41) is 5.54. The number of thiazole rings is 1. The van der Waals surface area contributed by atoms with Crippen molar-refractivity contribution in [3.05, 3.63) is 15.6 Å². The van der Waals surface area contributed by atoms with Gasteiger partial charge < -0.3 is 5.32 Å². The van der Waals surface area contributed by atoms with Crippen LogP contribution in [0.25, 0.3) is 0 Å². The maximum Gasteiger partial charge on any atom is 0.106 e. The molecule has 1 fully saturated rings. The number of nitrogens with zero attached hydrogens (tertiary/aromatic N) is 1. The summed E-state index contributed by atoms with van der Waals surface area (Å²) < 4.78 is 0. The van der Waals surface area contributed by atoms with Crippen LogP contribution in [0.3, 0.4) is 0 Å². The largest absolute Gasteiger partial charge is 0.312 e. The molecule has 1 aliphatic rings. The smallest absolute Gasteiger partial charge is 0.106 e. The predicted molar refractivity (Wildman–Crippen MR) is 77.8 cm³/mol. The van der Waals surface area contributed by atoms with Crippen molar-refractivity contribution in [3.63, 3.8) is 0 Å². The van der Waals surface area contributed by atoms with Crippen LogP contribution in [0.4, 0.5) is 0 Å². The summed E-state index contributed by atoms with van der Waals surface area (Å²) in [7, 11) is 0. The van der Waals surface area contributed by atoms with E-state index in [0.29, 0.717) is 11.2 Å². The van der Waals surface area contributed by atoms with E-state index in [1.54, 1.807) is 0 Å². The number of rotatable bonds is 5. The molecule has 2 rings (SSSR count). The van der Waals surface area contributed by atoms with Gasteiger partial charge in [0.2, 0.25) is 0 Å². The molecule has 1 unspecified atom stereocenters. The standard InChI is InChI=1S/C13H22N2S2/c1-9(2)7-14-8-12-10(3)15-13(17-12)11-5-4-6-16-11/h9,11,14H,4-8H2,1-3H3. The summed E-state index contributed by atoms with van der Waals surface area (Å²) in [6, 6.07) is 0. The summed E-state index contributed by atoms with van der Waals surface area (Å²) in [4.78, 5) is 6.17. The van der Waals surface area contributed by atoms with Gasteiger partial charge in [0.25, 0.3) is 0 Å². The molecule has 1 aromatic heterocycles. The molecule has 2 nitrogen and oxygen atoms in total. The number of nitrogens with one attached hydrogen (secondary N) is 1. The number of thioether (sulfide) groups is 1. The minimum absolute atomic E-state index is 0.678. The molecule has 17 heavy (non-hydrogen) atoms. The molecule has 0 aromatic carbocycles. The first-order valence-electron chi connectivity index (χ1n) is 6.45. The molecule has 1 saturated heterocycles. The Balaban J connectivity index is 1.93. The van der Waals surface area contributed by atoms with Crippen LogP contribution in [-0.2, 0) is 6.54 Å². The van der Waals surface area contributed by atoms with Gasteiger partial charge in [-0.1, -0.05) is 13.8 Å². The lowest BCUT2D eigenvalue weighted by Gasteiger charge is -2.05. The molecule has 0 bridgehead atoms. The Labute approximate surface area is 113 Å². The van der Waals surface area contributed by atoms with E-state index < -0.39 is 0 Å². The average Bonchev–Trinajstić information content (AvgIpc) is 2.87. The second-order valence-electron chi connectivity index (χ2n) is 5.09. The molecule has 2 heterocycles. The Kier molecular flexibility index (Phi) is 4.88. The number of hydrogen-bond acceptors (Lipinski definition) is 4. The van der Waals surface area contributed by atoms with Crippen LogP contribution >= 0.6 is 23.1 Å². The van der Waals surface area contributed by atoms with Gasteiger partial charge in [0, 0.05) is 11.4 Å². The van der Waals surface area contributed by atoms with Crippen molar-refractivity contribution in [1.29, 1.82) is 0 Å². The van der Waals surface area contributed by atoms with Crippen LogP contribution < -0.4 is 5.32 Å². The Morgan fingerprint density at radius 3 is 2.94 bits per heavy atom. The highest BCUT2D eigenvalue weighted by Crippen LogP contribution is 2.41. The van der Waals surface area contributed by atoms with Gasteiger partial charge in [0.05, 0.1) is 10.9 Å². The molecule has 0 saturated carbocycles. The van der Waals surface area contributed by atoms with Gasteiger partial charge in [0.15, 0.2) is 0 Å². The summed E-state index contributed by atoms with van der Waals surface area (Å²) in [5.74, 6) is 2.03. The molecule has 1 aromatic rings. The van der Waals surface area contributed by atoms with E-state index in [1.807, 2.05) is 11.3 Å². The first kappa shape index (κ1) is 13.4. The molecule has 1 N–H and O–H groups in total. The normalized spacial score (nSPS) is 20.4. The average molecular weight is 270 g/mol. The summed E-state index contributed by atoms with van der Waals surface area (Å²) in [5.41, 5.74) is 1.23. The summed E-state index contributed by atoms with van der Waals surface area (Å²) in [6.45, 7) is 8.70. The fourth-order valence-electron chi connectivity index (χ4n) is 2.00. The molecular weight excluding hydrogens is 248 g/mol. The van der Waals surface area contributed by atoms with Crippen molar-refractivity contribution in [2.24, 2.45) is 5.92 Å². The van der Waals surface area contributed by atoms with Crippen LogP contribution in [0.5, 0.6) is 0 Å². The first-order chi connectivity index (χ1) is 8.16. The van der Waals surface area contributed by atoms with E-state index >= 15 is 0 Å². The SMILES string of the molecule is Cc1nc(C2CCCS2)sc1CNCC(C)C. The maximum atomic E-state index is 4.75. The van der Waals surface area contributed by atoms with Gasteiger partial charge in [-0.2, -0.15) is 11.8 Å². The van der Waals surface area contributed by atoms with Gasteiger partial charge in [-0.25, -0.2) is 4.98 Å². The van der Waals surface area contributed by atoms with Crippen molar-refractivity contribution in [3.8, 4) is 0 Å². The highest BCUT2D eigenvalue weighted by Gasteiger charge is 2.21. The minimum Gasteiger partial charge on any atom is -0.312 e. The molecule has 0 radical (unpaired) electrons. The Morgan fingerprint density at radius 2 is 2.29 bits per heavy atom.